The van der Waals surface area contributed by atoms with Crippen LogP contribution < -0.4 is 26.2 Å². The predicted octanol–water partition coefficient (Wildman–Crippen LogP) is 7.99. The zero-order chi connectivity index (χ0) is 32.5. The van der Waals surface area contributed by atoms with Gasteiger partial charge in [-0.15, -0.1) is 0 Å². The Balaban J connectivity index is 1.56. The highest BCUT2D eigenvalue weighted by Gasteiger charge is 2.24. The van der Waals surface area contributed by atoms with E-state index in [4.69, 9.17) is 10.5 Å². The van der Waals surface area contributed by atoms with Gasteiger partial charge in [-0.3, -0.25) is 14.7 Å². The molecule has 238 valence electrons. The summed E-state index contributed by atoms with van der Waals surface area (Å²) in [7, 11) is 0. The van der Waals surface area contributed by atoms with Gasteiger partial charge in [0, 0.05) is 11.8 Å². The fourth-order valence-electron chi connectivity index (χ4n) is 5.63. The van der Waals surface area contributed by atoms with Crippen LogP contribution >= 0.6 is 0 Å². The van der Waals surface area contributed by atoms with Crippen molar-refractivity contribution in [3.8, 4) is 11.4 Å². The first-order valence-electron chi connectivity index (χ1n) is 15.8. The minimum absolute atomic E-state index is 0.194. The summed E-state index contributed by atoms with van der Waals surface area (Å²) in [6.07, 6.45) is 4.04. The van der Waals surface area contributed by atoms with E-state index in [-0.39, 0.29) is 17.3 Å². The van der Waals surface area contributed by atoms with Crippen molar-refractivity contribution in [2.24, 2.45) is 5.73 Å². The number of aromatic amines is 1. The first-order valence-corrected chi connectivity index (χ1v) is 15.8. The minimum atomic E-state index is -0.792. The van der Waals surface area contributed by atoms with Gasteiger partial charge in [0.1, 0.15) is 11.6 Å². The number of aromatic nitrogens is 2. The molecular formula is C36H45N5O4. The molecule has 3 unspecified atom stereocenters. The Labute approximate surface area is 265 Å². The molecule has 0 aliphatic heterocycles. The van der Waals surface area contributed by atoms with Crippen molar-refractivity contribution < 1.29 is 14.3 Å². The highest BCUT2D eigenvalue weighted by Crippen LogP contribution is 2.35. The van der Waals surface area contributed by atoms with Gasteiger partial charge in [0.05, 0.1) is 11.4 Å². The number of carbonyl (C=O) groups excluding carboxylic acids is 2. The average Bonchev–Trinajstić information content (AvgIpc) is 3.41. The van der Waals surface area contributed by atoms with Crippen LogP contribution in [-0.4, -0.2) is 27.8 Å². The number of rotatable bonds is 14. The molecule has 4 aromatic rings. The maximum atomic E-state index is 13.5. The van der Waals surface area contributed by atoms with E-state index in [0.717, 1.165) is 37.0 Å². The lowest BCUT2D eigenvalue weighted by Crippen LogP contribution is -2.33. The number of primary amides is 1. The van der Waals surface area contributed by atoms with Crippen molar-refractivity contribution in [2.75, 3.05) is 10.2 Å². The summed E-state index contributed by atoms with van der Waals surface area (Å²) in [6, 6.07) is 22.6. The Morgan fingerprint density at radius 1 is 0.911 bits per heavy atom. The quantitative estimate of drug-likeness (QED) is 0.134. The predicted molar refractivity (Wildman–Crippen MR) is 181 cm³/mol. The van der Waals surface area contributed by atoms with Crippen molar-refractivity contribution in [3.05, 3.63) is 100 Å². The molecule has 3 amide bonds. The molecule has 0 bridgehead atoms. The highest BCUT2D eigenvalue weighted by atomic mass is 16.5. The van der Waals surface area contributed by atoms with E-state index >= 15 is 0 Å². The number of hydrogen-bond donors (Lipinski definition) is 3. The Morgan fingerprint density at radius 2 is 1.62 bits per heavy atom. The van der Waals surface area contributed by atoms with Crippen molar-refractivity contribution in [1.82, 2.24) is 9.78 Å². The lowest BCUT2D eigenvalue weighted by Gasteiger charge is -2.24. The molecule has 3 aromatic carbocycles. The molecule has 0 saturated heterocycles. The molecule has 1 aromatic heterocycles. The van der Waals surface area contributed by atoms with E-state index in [2.05, 4.69) is 50.2 Å². The lowest BCUT2D eigenvalue weighted by atomic mass is 9.89. The zero-order valence-electron chi connectivity index (χ0n) is 26.9. The number of nitrogens with zero attached hydrogens (tertiary/aromatic N) is 2. The van der Waals surface area contributed by atoms with Crippen LogP contribution in [0.3, 0.4) is 0 Å². The third-order valence-corrected chi connectivity index (χ3v) is 8.06. The third-order valence-electron chi connectivity index (χ3n) is 8.06. The van der Waals surface area contributed by atoms with Gasteiger partial charge in [-0.2, -0.15) is 0 Å². The van der Waals surface area contributed by atoms with Crippen molar-refractivity contribution >= 4 is 29.1 Å². The van der Waals surface area contributed by atoms with Crippen LogP contribution in [-0.2, 0) is 4.79 Å². The Bertz CT molecular complexity index is 1640. The van der Waals surface area contributed by atoms with Gasteiger partial charge in [-0.1, -0.05) is 83.9 Å². The maximum Gasteiger partial charge on any atom is 0.325 e. The number of amides is 3. The summed E-state index contributed by atoms with van der Waals surface area (Å²) in [5.74, 6) is 1.36. The van der Waals surface area contributed by atoms with E-state index in [1.54, 1.807) is 36.4 Å². The molecule has 0 radical (unpaired) electrons. The molecule has 9 nitrogen and oxygen atoms in total. The summed E-state index contributed by atoms with van der Waals surface area (Å²) >= 11 is 0. The molecule has 1 heterocycles. The minimum Gasteiger partial charge on any atom is -0.480 e. The van der Waals surface area contributed by atoms with Crippen LogP contribution in [0.1, 0.15) is 89.7 Å². The monoisotopic (exact) mass is 611 g/mol. The second-order valence-corrected chi connectivity index (χ2v) is 11.6. The molecule has 0 spiro atoms. The fourth-order valence-corrected chi connectivity index (χ4v) is 5.63. The number of urea groups is 1. The number of nitrogens with one attached hydrogen (secondary N) is 2. The molecular weight excluding hydrogens is 566 g/mol. The van der Waals surface area contributed by atoms with Gasteiger partial charge in [-0.05, 0) is 78.6 Å². The largest absolute Gasteiger partial charge is 0.480 e. The summed E-state index contributed by atoms with van der Waals surface area (Å²) in [4.78, 5) is 40.0. The number of hydrogen-bond acceptors (Lipinski definition) is 4. The molecule has 4 rings (SSSR count). The van der Waals surface area contributed by atoms with Crippen molar-refractivity contribution in [2.45, 2.75) is 84.7 Å². The lowest BCUT2D eigenvalue weighted by molar-refractivity contribution is -0.122. The first kappa shape index (κ1) is 33.1. The molecule has 0 saturated carbocycles. The number of H-pyrrole nitrogens is 1. The topological polar surface area (TPSA) is 122 Å². The van der Waals surface area contributed by atoms with Gasteiger partial charge in [0.25, 0.3) is 11.5 Å². The number of nitrogens with two attached hydrogens (primary N) is 1. The van der Waals surface area contributed by atoms with Gasteiger partial charge >= 0.3 is 6.03 Å². The molecule has 4 N–H and O–H groups in total. The molecule has 0 aliphatic carbocycles. The Morgan fingerprint density at radius 3 is 2.29 bits per heavy atom. The molecule has 0 aliphatic rings. The van der Waals surface area contributed by atoms with E-state index in [1.165, 1.54) is 21.2 Å². The Hall–Kier alpha value is -4.79. The van der Waals surface area contributed by atoms with Gasteiger partial charge in [-0.25, -0.2) is 14.4 Å². The van der Waals surface area contributed by atoms with Crippen LogP contribution in [0.5, 0.6) is 5.75 Å². The third kappa shape index (κ3) is 8.03. The van der Waals surface area contributed by atoms with Gasteiger partial charge in [0.15, 0.2) is 6.10 Å². The summed E-state index contributed by atoms with van der Waals surface area (Å²) in [5.41, 5.74) is 9.27. The molecule has 45 heavy (non-hydrogen) atoms. The molecule has 3 atom stereocenters. The number of anilines is 3. The number of carbonyl (C=O) groups is 2. The average molecular weight is 612 g/mol. The van der Waals surface area contributed by atoms with Crippen LogP contribution in [0.15, 0.2) is 83.7 Å². The summed E-state index contributed by atoms with van der Waals surface area (Å²) in [5, 5.41) is 5.90. The second-order valence-electron chi connectivity index (χ2n) is 11.6. The Kier molecular flexibility index (Phi) is 11.2. The normalized spacial score (nSPS) is 13.1. The number of para-hydroxylation sites is 1. The summed E-state index contributed by atoms with van der Waals surface area (Å²) in [6.45, 7) is 10.7. The molecule has 0 fully saturated rings. The maximum absolute atomic E-state index is 13.5. The van der Waals surface area contributed by atoms with Crippen molar-refractivity contribution in [1.29, 1.82) is 0 Å². The standard InChI is InChI=1S/C36H45N5O4/c1-6-13-24(4)26-19-20-32(30(21-26)25(5)14-7-2)45-31(8-3)35(43)38-27-15-12-18-29(22-27)40(36(37)44)33-23-34(42)41(39-33)28-16-10-9-11-17-28/h9-12,15-25,31,39H,6-8,13-14H2,1-5H3,(H2,37,44)(H,38,43). The SMILES string of the molecule is CCCC(C)c1ccc(OC(CC)C(=O)Nc2cccc(N(C(N)=O)c3cc(=O)n(-c4ccccc4)[nH]3)c2)c(C(C)CCC)c1. The van der Waals surface area contributed by atoms with Crippen LogP contribution in [0.4, 0.5) is 22.0 Å². The van der Waals surface area contributed by atoms with Gasteiger partial charge in [0.2, 0.25) is 0 Å². The zero-order valence-corrected chi connectivity index (χ0v) is 26.9. The van der Waals surface area contributed by atoms with Crippen LogP contribution in [0.25, 0.3) is 5.69 Å². The smallest absolute Gasteiger partial charge is 0.325 e. The van der Waals surface area contributed by atoms with E-state index in [0.29, 0.717) is 35.3 Å². The first-order chi connectivity index (χ1) is 21.7. The van der Waals surface area contributed by atoms with Crippen LogP contribution in [0, 0.1) is 0 Å². The highest BCUT2D eigenvalue weighted by molar-refractivity contribution is 5.99. The van der Waals surface area contributed by atoms with E-state index in [9.17, 15) is 14.4 Å². The number of ether oxygens (including phenoxy) is 1. The summed E-state index contributed by atoms with van der Waals surface area (Å²) < 4.78 is 7.72. The fraction of sp³-hybridized carbons (Fsp3) is 0.361. The van der Waals surface area contributed by atoms with E-state index < -0.39 is 12.1 Å². The van der Waals surface area contributed by atoms with Crippen molar-refractivity contribution in [3.63, 3.8) is 0 Å². The van der Waals surface area contributed by atoms with Gasteiger partial charge < -0.3 is 15.8 Å². The molecule has 9 heteroatoms. The van der Waals surface area contributed by atoms with E-state index in [1.807, 2.05) is 31.2 Å². The number of benzene rings is 3. The second kappa shape index (κ2) is 15.3. The van der Waals surface area contributed by atoms with Crippen LogP contribution in [0.2, 0.25) is 0 Å².